The van der Waals surface area contributed by atoms with Gasteiger partial charge in [-0.25, -0.2) is 0 Å². The van der Waals surface area contributed by atoms with Crippen LogP contribution < -0.4 is 5.32 Å². The lowest BCUT2D eigenvalue weighted by molar-refractivity contribution is -0.143. The summed E-state index contributed by atoms with van der Waals surface area (Å²) in [5.74, 6) is -0.0760. The van der Waals surface area contributed by atoms with Gasteiger partial charge in [0, 0.05) is 12.8 Å². The van der Waals surface area contributed by atoms with Crippen LogP contribution in [-0.4, -0.2) is 47.4 Å². The third kappa shape index (κ3) is 45.7. The highest BCUT2D eigenvalue weighted by Crippen LogP contribution is 2.15. The zero-order chi connectivity index (χ0) is 43.0. The van der Waals surface area contributed by atoms with Crippen molar-refractivity contribution in [1.82, 2.24) is 5.32 Å². The molecule has 6 nitrogen and oxygen atoms in total. The van der Waals surface area contributed by atoms with Crippen LogP contribution in [-0.2, 0) is 14.3 Å². The largest absolute Gasteiger partial charge is 0.466 e. The minimum atomic E-state index is -0.848. The van der Waals surface area contributed by atoms with Crippen LogP contribution in [0.25, 0.3) is 0 Å². The molecule has 0 radical (unpaired) electrons. The summed E-state index contributed by atoms with van der Waals surface area (Å²) in [7, 11) is 0. The van der Waals surface area contributed by atoms with Gasteiger partial charge in [0.15, 0.2) is 0 Å². The van der Waals surface area contributed by atoms with Crippen LogP contribution in [0.2, 0.25) is 0 Å². The minimum Gasteiger partial charge on any atom is -0.466 e. The number of amides is 1. The van der Waals surface area contributed by atoms with Crippen molar-refractivity contribution in [3.63, 3.8) is 0 Å². The van der Waals surface area contributed by atoms with Crippen molar-refractivity contribution in [3.05, 3.63) is 24.3 Å². The van der Waals surface area contributed by atoms with Gasteiger partial charge in [0.25, 0.3) is 0 Å². The van der Waals surface area contributed by atoms with Gasteiger partial charge >= 0.3 is 5.97 Å². The van der Waals surface area contributed by atoms with Crippen molar-refractivity contribution < 1.29 is 24.5 Å². The molecule has 0 heterocycles. The highest BCUT2D eigenvalue weighted by Gasteiger charge is 2.18. The van der Waals surface area contributed by atoms with Crippen LogP contribution in [0.4, 0.5) is 0 Å². The zero-order valence-electron chi connectivity index (χ0n) is 39.5. The van der Waals surface area contributed by atoms with Gasteiger partial charge in [0.1, 0.15) is 0 Å². The first-order chi connectivity index (χ1) is 29.0. The molecule has 0 saturated carbocycles. The summed E-state index contributed by atoms with van der Waals surface area (Å²) in [6.45, 7) is 4.88. The Kier molecular flexibility index (Phi) is 47.6. The van der Waals surface area contributed by atoms with Gasteiger partial charge < -0.3 is 20.3 Å². The number of ether oxygens (including phenoxy) is 1. The van der Waals surface area contributed by atoms with Gasteiger partial charge in [0.2, 0.25) is 5.91 Å². The summed E-state index contributed by atoms with van der Waals surface area (Å²) in [6.07, 6.45) is 57.5. The lowest BCUT2D eigenvalue weighted by atomic mass is 10.0. The molecular weight excluding hydrogens is 731 g/mol. The van der Waals surface area contributed by atoms with E-state index < -0.39 is 12.1 Å². The number of carbonyl (C=O) groups is 2. The van der Waals surface area contributed by atoms with E-state index in [2.05, 4.69) is 31.3 Å². The van der Waals surface area contributed by atoms with Crippen molar-refractivity contribution in [2.75, 3.05) is 13.2 Å². The maximum absolute atomic E-state index is 12.4. The fraction of sp³-hybridized carbons (Fsp3) is 0.887. The maximum Gasteiger partial charge on any atom is 0.305 e. The normalized spacial score (nSPS) is 12.8. The summed E-state index contributed by atoms with van der Waals surface area (Å²) in [6, 6.07) is -0.633. The standard InChI is InChI=1S/C53H101NO5/c1-3-5-7-9-11-13-15-26-29-33-37-41-45-51(56)50(49-55)54-52(57)46-42-38-34-30-27-23-21-19-17-16-18-20-22-24-28-32-36-40-44-48-59-53(58)47-43-39-35-31-25-14-12-10-8-6-4-2/h16-17,41,45,50-51,55-56H,3-15,18-40,42-44,46-49H2,1-2H3,(H,54,57)/b17-16-,45-41+. The number of unbranched alkanes of at least 4 members (excludes halogenated alkanes) is 35. The number of allylic oxidation sites excluding steroid dienone is 3. The van der Waals surface area contributed by atoms with Crippen LogP contribution >= 0.6 is 0 Å². The average Bonchev–Trinajstić information content (AvgIpc) is 3.24. The van der Waals surface area contributed by atoms with Gasteiger partial charge in [-0.3, -0.25) is 9.59 Å². The average molecular weight is 832 g/mol. The quantitative estimate of drug-likeness (QED) is 0.0322. The molecule has 0 aliphatic carbocycles. The third-order valence-electron chi connectivity index (χ3n) is 12.0. The van der Waals surface area contributed by atoms with E-state index in [1.165, 1.54) is 199 Å². The number of hydrogen-bond acceptors (Lipinski definition) is 5. The Balaban J connectivity index is 3.47. The van der Waals surface area contributed by atoms with E-state index in [9.17, 15) is 19.8 Å². The van der Waals surface area contributed by atoms with Crippen molar-refractivity contribution in [2.24, 2.45) is 0 Å². The first-order valence-corrected chi connectivity index (χ1v) is 26.1. The molecule has 59 heavy (non-hydrogen) atoms. The molecule has 1 amide bonds. The lowest BCUT2D eigenvalue weighted by Crippen LogP contribution is -2.45. The van der Waals surface area contributed by atoms with Gasteiger partial charge in [0.05, 0.1) is 25.4 Å². The van der Waals surface area contributed by atoms with Crippen molar-refractivity contribution in [1.29, 1.82) is 0 Å². The summed E-state index contributed by atoms with van der Waals surface area (Å²) >= 11 is 0. The third-order valence-corrected chi connectivity index (χ3v) is 12.0. The van der Waals surface area contributed by atoms with Gasteiger partial charge in [-0.05, 0) is 57.8 Å². The van der Waals surface area contributed by atoms with Crippen LogP contribution in [0.3, 0.4) is 0 Å². The van der Waals surface area contributed by atoms with Gasteiger partial charge in [-0.1, -0.05) is 231 Å². The van der Waals surface area contributed by atoms with E-state index in [1.54, 1.807) is 6.08 Å². The van der Waals surface area contributed by atoms with E-state index in [0.29, 0.717) is 19.4 Å². The second-order valence-corrected chi connectivity index (χ2v) is 17.9. The van der Waals surface area contributed by atoms with Crippen LogP contribution in [0.15, 0.2) is 24.3 Å². The van der Waals surface area contributed by atoms with Crippen molar-refractivity contribution >= 4 is 11.9 Å². The number of nitrogens with one attached hydrogen (secondary N) is 1. The lowest BCUT2D eigenvalue weighted by Gasteiger charge is -2.20. The predicted molar refractivity (Wildman–Crippen MR) is 255 cm³/mol. The minimum absolute atomic E-state index is 0.00244. The smallest absolute Gasteiger partial charge is 0.305 e. The molecule has 0 rings (SSSR count). The summed E-state index contributed by atoms with van der Waals surface area (Å²) in [5.41, 5.74) is 0. The molecule has 3 N–H and O–H groups in total. The Bertz CT molecular complexity index is 920. The first kappa shape index (κ1) is 57.3. The fourth-order valence-corrected chi connectivity index (χ4v) is 7.92. The fourth-order valence-electron chi connectivity index (χ4n) is 7.92. The second kappa shape index (κ2) is 49.0. The van der Waals surface area contributed by atoms with Gasteiger partial charge in [-0.2, -0.15) is 0 Å². The van der Waals surface area contributed by atoms with E-state index in [4.69, 9.17) is 4.74 Å². The molecule has 0 aliphatic rings. The number of rotatable bonds is 48. The number of carbonyl (C=O) groups excluding carboxylic acids is 2. The zero-order valence-corrected chi connectivity index (χ0v) is 39.5. The van der Waals surface area contributed by atoms with Crippen LogP contribution in [0.1, 0.15) is 277 Å². The SMILES string of the molecule is CCCCCCCCCCCC/C=C/C(O)C(CO)NC(=O)CCCCCCCCC/C=C\CCCCCCCCCCOC(=O)CCCCCCCCCCCCC. The number of aliphatic hydroxyl groups excluding tert-OH is 2. The molecule has 0 bridgehead atoms. The molecule has 0 aromatic heterocycles. The Labute approximate surface area is 367 Å². The second-order valence-electron chi connectivity index (χ2n) is 17.9. The highest BCUT2D eigenvalue weighted by atomic mass is 16.5. The van der Waals surface area contributed by atoms with Crippen molar-refractivity contribution in [2.45, 2.75) is 289 Å². The summed E-state index contributed by atoms with van der Waals surface area (Å²) in [5, 5.41) is 23.0. The Morgan fingerprint density at radius 2 is 0.797 bits per heavy atom. The van der Waals surface area contributed by atoms with E-state index in [1.807, 2.05) is 6.08 Å². The molecule has 2 unspecified atom stereocenters. The monoisotopic (exact) mass is 832 g/mol. The van der Waals surface area contributed by atoms with Crippen LogP contribution in [0.5, 0.6) is 0 Å². The molecule has 0 aliphatic heterocycles. The molecular formula is C53H101NO5. The van der Waals surface area contributed by atoms with Crippen LogP contribution in [0, 0.1) is 0 Å². The summed E-state index contributed by atoms with van der Waals surface area (Å²) in [4.78, 5) is 24.4. The first-order valence-electron chi connectivity index (χ1n) is 26.1. The molecule has 0 fully saturated rings. The molecule has 0 spiro atoms. The highest BCUT2D eigenvalue weighted by molar-refractivity contribution is 5.76. The molecule has 0 saturated heterocycles. The Morgan fingerprint density at radius 1 is 0.458 bits per heavy atom. The van der Waals surface area contributed by atoms with Gasteiger partial charge in [-0.15, -0.1) is 0 Å². The number of aliphatic hydroxyl groups is 2. The molecule has 348 valence electrons. The molecule has 2 atom stereocenters. The summed E-state index contributed by atoms with van der Waals surface area (Å²) < 4.78 is 5.45. The Hall–Kier alpha value is -1.66. The predicted octanol–water partition coefficient (Wildman–Crippen LogP) is 15.5. The number of hydrogen-bond donors (Lipinski definition) is 3. The molecule has 0 aromatic rings. The topological polar surface area (TPSA) is 95.9 Å². The molecule has 6 heteroatoms. The van der Waals surface area contributed by atoms with E-state index >= 15 is 0 Å². The van der Waals surface area contributed by atoms with E-state index in [0.717, 1.165) is 51.4 Å². The van der Waals surface area contributed by atoms with E-state index in [-0.39, 0.29) is 18.5 Å². The Morgan fingerprint density at radius 3 is 1.20 bits per heavy atom. The number of esters is 1. The molecule has 0 aromatic carbocycles. The maximum atomic E-state index is 12.4. The van der Waals surface area contributed by atoms with Crippen molar-refractivity contribution in [3.8, 4) is 0 Å².